The van der Waals surface area contributed by atoms with Gasteiger partial charge in [-0.1, -0.05) is 0 Å². The Morgan fingerprint density at radius 2 is 2.14 bits per heavy atom. The zero-order valence-corrected chi connectivity index (χ0v) is 12.2. The summed E-state index contributed by atoms with van der Waals surface area (Å²) in [6.07, 6.45) is 1.86. The number of nitrogens with zero attached hydrogens (tertiary/aromatic N) is 1. The SMILES string of the molecule is O=C(CCl)NC1CCCN(c2ccc(OC(F)F)cc2)C1. The number of amides is 1. The number of carbonyl (C=O) groups is 1. The molecule has 0 spiro atoms. The molecule has 1 atom stereocenters. The first kappa shape index (κ1) is 15.8. The molecular formula is C14H17ClF2N2O2. The first-order valence-corrected chi connectivity index (χ1v) is 7.27. The average Bonchev–Trinajstić information content (AvgIpc) is 2.47. The average molecular weight is 319 g/mol. The van der Waals surface area contributed by atoms with Crippen molar-refractivity contribution in [3.05, 3.63) is 24.3 Å². The summed E-state index contributed by atoms with van der Waals surface area (Å²) in [5.74, 6) is -0.0853. The summed E-state index contributed by atoms with van der Waals surface area (Å²) in [5.41, 5.74) is 0.918. The Kier molecular flexibility index (Phi) is 5.61. The van der Waals surface area contributed by atoms with Crippen LogP contribution >= 0.6 is 11.6 Å². The van der Waals surface area contributed by atoms with E-state index in [2.05, 4.69) is 15.0 Å². The third kappa shape index (κ3) is 4.74. The fourth-order valence-electron chi connectivity index (χ4n) is 2.43. The number of rotatable bonds is 5. The second-order valence-corrected chi connectivity index (χ2v) is 5.13. The maximum absolute atomic E-state index is 12.1. The predicted molar refractivity (Wildman–Crippen MR) is 77.2 cm³/mol. The van der Waals surface area contributed by atoms with Crippen LogP contribution in [0.2, 0.25) is 0 Å². The number of alkyl halides is 3. The molecule has 0 radical (unpaired) electrons. The van der Waals surface area contributed by atoms with Gasteiger partial charge in [0.2, 0.25) is 5.91 Å². The lowest BCUT2D eigenvalue weighted by molar-refractivity contribution is -0.119. The minimum Gasteiger partial charge on any atom is -0.435 e. The van der Waals surface area contributed by atoms with Gasteiger partial charge in [-0.25, -0.2) is 0 Å². The maximum Gasteiger partial charge on any atom is 0.387 e. The van der Waals surface area contributed by atoms with Crippen LogP contribution in [0.5, 0.6) is 5.75 Å². The number of hydrogen-bond donors (Lipinski definition) is 1. The van der Waals surface area contributed by atoms with Crippen molar-refractivity contribution in [2.24, 2.45) is 0 Å². The molecule has 7 heteroatoms. The largest absolute Gasteiger partial charge is 0.435 e. The molecule has 4 nitrogen and oxygen atoms in total. The van der Waals surface area contributed by atoms with E-state index in [1.54, 1.807) is 12.1 Å². The molecule has 1 saturated heterocycles. The van der Waals surface area contributed by atoms with Gasteiger partial charge in [-0.2, -0.15) is 8.78 Å². The fraction of sp³-hybridized carbons (Fsp3) is 0.500. The highest BCUT2D eigenvalue weighted by Gasteiger charge is 2.21. The molecule has 21 heavy (non-hydrogen) atoms. The van der Waals surface area contributed by atoms with Crippen LogP contribution in [-0.2, 0) is 4.79 Å². The van der Waals surface area contributed by atoms with Crippen LogP contribution in [0.15, 0.2) is 24.3 Å². The minimum atomic E-state index is -2.82. The van der Waals surface area contributed by atoms with Crippen molar-refractivity contribution in [2.45, 2.75) is 25.5 Å². The van der Waals surface area contributed by atoms with Crippen LogP contribution in [0.1, 0.15) is 12.8 Å². The number of hydrogen-bond acceptors (Lipinski definition) is 3. The Bertz CT molecular complexity index is 471. The monoisotopic (exact) mass is 318 g/mol. The quantitative estimate of drug-likeness (QED) is 0.849. The molecular weight excluding hydrogens is 302 g/mol. The van der Waals surface area contributed by atoms with Crippen LogP contribution in [-0.4, -0.2) is 37.5 Å². The van der Waals surface area contributed by atoms with Crippen molar-refractivity contribution < 1.29 is 18.3 Å². The number of halogens is 3. The summed E-state index contributed by atoms with van der Waals surface area (Å²) in [6, 6.07) is 6.57. The van der Waals surface area contributed by atoms with E-state index in [9.17, 15) is 13.6 Å². The lowest BCUT2D eigenvalue weighted by Gasteiger charge is -2.34. The molecule has 1 aliphatic heterocycles. The van der Waals surface area contributed by atoms with Crippen molar-refractivity contribution in [2.75, 3.05) is 23.9 Å². The topological polar surface area (TPSA) is 41.6 Å². The van der Waals surface area contributed by atoms with E-state index in [0.717, 1.165) is 25.1 Å². The molecule has 1 unspecified atom stereocenters. The molecule has 2 rings (SSSR count). The zero-order valence-electron chi connectivity index (χ0n) is 11.4. The van der Waals surface area contributed by atoms with E-state index in [4.69, 9.17) is 11.6 Å². The van der Waals surface area contributed by atoms with Crippen LogP contribution in [0.4, 0.5) is 14.5 Å². The van der Waals surface area contributed by atoms with Gasteiger partial charge in [-0.3, -0.25) is 4.79 Å². The molecule has 0 aliphatic carbocycles. The molecule has 1 fully saturated rings. The van der Waals surface area contributed by atoms with Crippen LogP contribution < -0.4 is 15.0 Å². The molecule has 1 heterocycles. The summed E-state index contributed by atoms with van der Waals surface area (Å²) in [5, 5.41) is 2.87. The van der Waals surface area contributed by atoms with Crippen molar-refractivity contribution >= 4 is 23.2 Å². The van der Waals surface area contributed by atoms with Gasteiger partial charge in [0.25, 0.3) is 0 Å². The van der Waals surface area contributed by atoms with E-state index < -0.39 is 6.61 Å². The molecule has 0 saturated carbocycles. The Morgan fingerprint density at radius 3 is 2.76 bits per heavy atom. The zero-order chi connectivity index (χ0) is 15.2. The highest BCUT2D eigenvalue weighted by Crippen LogP contribution is 2.23. The van der Waals surface area contributed by atoms with Crippen LogP contribution in [0.25, 0.3) is 0 Å². The van der Waals surface area contributed by atoms with Crippen LogP contribution in [0, 0.1) is 0 Å². The van der Waals surface area contributed by atoms with E-state index >= 15 is 0 Å². The smallest absolute Gasteiger partial charge is 0.387 e. The van der Waals surface area contributed by atoms with Crippen molar-refractivity contribution in [3.63, 3.8) is 0 Å². The third-order valence-electron chi connectivity index (χ3n) is 3.33. The van der Waals surface area contributed by atoms with Gasteiger partial charge in [0.05, 0.1) is 0 Å². The number of nitrogens with one attached hydrogen (secondary N) is 1. The van der Waals surface area contributed by atoms with E-state index in [-0.39, 0.29) is 23.6 Å². The molecule has 1 aliphatic rings. The Labute approximate surface area is 127 Å². The van der Waals surface area contributed by atoms with Gasteiger partial charge >= 0.3 is 6.61 Å². The lowest BCUT2D eigenvalue weighted by Crippen LogP contribution is -2.48. The van der Waals surface area contributed by atoms with Gasteiger partial charge in [0.15, 0.2) is 0 Å². The summed E-state index contributed by atoms with van der Waals surface area (Å²) in [6.45, 7) is -1.28. The number of carbonyl (C=O) groups excluding carboxylic acids is 1. The first-order chi connectivity index (χ1) is 10.1. The molecule has 116 valence electrons. The highest BCUT2D eigenvalue weighted by atomic mass is 35.5. The summed E-state index contributed by atoms with van der Waals surface area (Å²) in [4.78, 5) is 13.4. The normalized spacial score (nSPS) is 18.7. The predicted octanol–water partition coefficient (Wildman–Crippen LogP) is 2.61. The van der Waals surface area contributed by atoms with E-state index in [0.29, 0.717) is 6.54 Å². The third-order valence-corrected chi connectivity index (χ3v) is 3.58. The van der Waals surface area contributed by atoms with Gasteiger partial charge < -0.3 is 15.0 Å². The number of anilines is 1. The number of benzene rings is 1. The second kappa shape index (κ2) is 7.45. The second-order valence-electron chi connectivity index (χ2n) is 4.86. The fourth-order valence-corrected chi connectivity index (χ4v) is 2.51. The van der Waals surface area contributed by atoms with Gasteiger partial charge in [-0.15, -0.1) is 11.6 Å². The maximum atomic E-state index is 12.1. The highest BCUT2D eigenvalue weighted by molar-refractivity contribution is 6.27. The van der Waals surface area contributed by atoms with Gasteiger partial charge in [0.1, 0.15) is 11.6 Å². The Hall–Kier alpha value is -1.56. The van der Waals surface area contributed by atoms with Crippen LogP contribution in [0.3, 0.4) is 0 Å². The number of piperidine rings is 1. The summed E-state index contributed by atoms with van der Waals surface area (Å²) < 4.78 is 28.5. The molecule has 1 aromatic rings. The number of ether oxygens (including phenoxy) is 1. The molecule has 0 aromatic heterocycles. The standard InChI is InChI=1S/C14H17ClF2N2O2/c15-8-13(20)18-10-2-1-7-19(9-10)11-3-5-12(6-4-11)21-14(16)17/h3-6,10,14H,1-2,7-9H2,(H,18,20). The summed E-state index contributed by atoms with van der Waals surface area (Å²) >= 11 is 5.48. The Morgan fingerprint density at radius 1 is 1.43 bits per heavy atom. The van der Waals surface area contributed by atoms with Crippen molar-refractivity contribution in [1.82, 2.24) is 5.32 Å². The summed E-state index contributed by atoms with van der Waals surface area (Å²) in [7, 11) is 0. The molecule has 0 bridgehead atoms. The van der Waals surface area contributed by atoms with Gasteiger partial charge in [0, 0.05) is 24.8 Å². The lowest BCUT2D eigenvalue weighted by atomic mass is 10.0. The molecule has 1 aromatic carbocycles. The Balaban J connectivity index is 1.95. The van der Waals surface area contributed by atoms with E-state index in [1.807, 2.05) is 0 Å². The van der Waals surface area contributed by atoms with Gasteiger partial charge in [-0.05, 0) is 37.1 Å². The molecule has 1 amide bonds. The molecule has 1 N–H and O–H groups in total. The van der Waals surface area contributed by atoms with Crippen molar-refractivity contribution in [1.29, 1.82) is 0 Å². The van der Waals surface area contributed by atoms with Crippen molar-refractivity contribution in [3.8, 4) is 5.75 Å². The van der Waals surface area contributed by atoms with E-state index in [1.165, 1.54) is 12.1 Å². The minimum absolute atomic E-state index is 0.0455. The first-order valence-electron chi connectivity index (χ1n) is 6.73.